The molecule has 1 aromatic carbocycles. The molecule has 5 heteroatoms. The van der Waals surface area contributed by atoms with Gasteiger partial charge in [-0.25, -0.2) is 4.39 Å². The molecular formula is C18H20FNO3. The molecule has 0 bridgehead atoms. The molecule has 1 aliphatic heterocycles. The fraction of sp³-hybridized carbons (Fsp3) is 0.500. The first-order valence-electron chi connectivity index (χ1n) is 8.20. The third-order valence-corrected chi connectivity index (χ3v) is 4.75. The molecule has 1 saturated carbocycles. The molecule has 1 aromatic rings. The maximum absolute atomic E-state index is 14.0. The number of nitrogens with zero attached hydrogens (tertiary/aromatic N) is 1. The van der Waals surface area contributed by atoms with Crippen LogP contribution in [0.4, 0.5) is 4.39 Å². The Morgan fingerprint density at radius 2 is 1.78 bits per heavy atom. The summed E-state index contributed by atoms with van der Waals surface area (Å²) in [5, 5.41) is 0. The van der Waals surface area contributed by atoms with E-state index in [0.717, 1.165) is 12.8 Å². The van der Waals surface area contributed by atoms with Crippen molar-refractivity contribution >= 4 is 17.6 Å². The summed E-state index contributed by atoms with van der Waals surface area (Å²) in [5.74, 6) is -0.559. The van der Waals surface area contributed by atoms with Gasteiger partial charge >= 0.3 is 0 Å². The van der Waals surface area contributed by atoms with E-state index in [1.807, 2.05) is 0 Å². The number of fused-ring (bicyclic) bond motifs is 1. The van der Waals surface area contributed by atoms with Crippen LogP contribution in [-0.2, 0) is 4.79 Å². The molecule has 2 aliphatic rings. The Labute approximate surface area is 134 Å². The van der Waals surface area contributed by atoms with Crippen LogP contribution in [0, 0.1) is 5.92 Å². The first-order chi connectivity index (χ1) is 11.1. The van der Waals surface area contributed by atoms with E-state index in [2.05, 4.69) is 0 Å². The van der Waals surface area contributed by atoms with Gasteiger partial charge in [0.05, 0.1) is 11.1 Å². The number of halogens is 1. The fourth-order valence-corrected chi connectivity index (χ4v) is 3.48. The highest BCUT2D eigenvalue weighted by Crippen LogP contribution is 2.28. The van der Waals surface area contributed by atoms with Crippen LogP contribution in [0.3, 0.4) is 0 Å². The normalized spacial score (nSPS) is 21.9. The number of amides is 2. The average molecular weight is 317 g/mol. The Kier molecular flexibility index (Phi) is 4.55. The summed E-state index contributed by atoms with van der Waals surface area (Å²) in [5.41, 5.74) is 0.844. The van der Waals surface area contributed by atoms with Gasteiger partial charge in [-0.1, -0.05) is 12.1 Å². The van der Waals surface area contributed by atoms with E-state index < -0.39 is 6.17 Å². The molecule has 3 rings (SSSR count). The van der Waals surface area contributed by atoms with E-state index in [-0.39, 0.29) is 42.9 Å². The van der Waals surface area contributed by atoms with Crippen molar-refractivity contribution in [3.05, 3.63) is 35.4 Å². The quantitative estimate of drug-likeness (QED) is 0.757. The summed E-state index contributed by atoms with van der Waals surface area (Å²) in [6.07, 6.45) is 2.17. The molecule has 2 atom stereocenters. The molecule has 4 nitrogen and oxygen atoms in total. The van der Waals surface area contributed by atoms with Crippen LogP contribution < -0.4 is 0 Å². The minimum absolute atomic E-state index is 0.135. The molecule has 1 fully saturated rings. The molecular weight excluding hydrogens is 297 g/mol. The zero-order valence-electron chi connectivity index (χ0n) is 13.0. The van der Waals surface area contributed by atoms with E-state index in [1.165, 1.54) is 4.90 Å². The van der Waals surface area contributed by atoms with Gasteiger partial charge in [-0.3, -0.25) is 19.3 Å². The molecule has 122 valence electrons. The number of carbonyl (C=O) groups is 3. The van der Waals surface area contributed by atoms with Crippen LogP contribution in [0.25, 0.3) is 0 Å². The molecule has 0 spiro atoms. The van der Waals surface area contributed by atoms with E-state index in [4.69, 9.17) is 0 Å². The number of ketones is 1. The number of Topliss-reactive ketones (excluding diaryl/α,β-unsaturated/α-hetero) is 1. The second-order valence-corrected chi connectivity index (χ2v) is 6.34. The van der Waals surface area contributed by atoms with Gasteiger partial charge in [0, 0.05) is 18.9 Å². The number of imide groups is 1. The second-order valence-electron chi connectivity index (χ2n) is 6.34. The van der Waals surface area contributed by atoms with Crippen LogP contribution in [0.2, 0.25) is 0 Å². The lowest BCUT2D eigenvalue weighted by atomic mass is 9.97. The van der Waals surface area contributed by atoms with Crippen LogP contribution in [-0.4, -0.2) is 35.2 Å². The lowest BCUT2D eigenvalue weighted by Crippen LogP contribution is -2.31. The van der Waals surface area contributed by atoms with E-state index in [9.17, 15) is 18.8 Å². The minimum atomic E-state index is -1.04. The van der Waals surface area contributed by atoms with Crippen molar-refractivity contribution in [2.45, 2.75) is 44.7 Å². The fourth-order valence-electron chi connectivity index (χ4n) is 3.48. The van der Waals surface area contributed by atoms with Crippen molar-refractivity contribution in [1.29, 1.82) is 0 Å². The Morgan fingerprint density at radius 3 is 2.35 bits per heavy atom. The van der Waals surface area contributed by atoms with Gasteiger partial charge in [0.25, 0.3) is 11.8 Å². The monoisotopic (exact) mass is 317 g/mol. The average Bonchev–Trinajstić information content (AvgIpc) is 3.04. The summed E-state index contributed by atoms with van der Waals surface area (Å²) in [4.78, 5) is 37.1. The molecule has 1 aliphatic carbocycles. The number of carbonyl (C=O) groups excluding carboxylic acids is 3. The maximum Gasteiger partial charge on any atom is 0.261 e. The van der Waals surface area contributed by atoms with E-state index in [1.54, 1.807) is 24.3 Å². The van der Waals surface area contributed by atoms with Crippen molar-refractivity contribution < 1.29 is 18.8 Å². The summed E-state index contributed by atoms with van der Waals surface area (Å²) in [6, 6.07) is 6.73. The number of hydrogen-bond donors (Lipinski definition) is 0. The van der Waals surface area contributed by atoms with Crippen LogP contribution in [0.5, 0.6) is 0 Å². The molecule has 2 amide bonds. The molecule has 2 unspecified atom stereocenters. The summed E-state index contributed by atoms with van der Waals surface area (Å²) < 4.78 is 14.0. The minimum Gasteiger partial charge on any atom is -0.299 e. The van der Waals surface area contributed by atoms with Crippen molar-refractivity contribution in [3.63, 3.8) is 0 Å². The second kappa shape index (κ2) is 6.60. The predicted molar refractivity (Wildman–Crippen MR) is 82.9 cm³/mol. The lowest BCUT2D eigenvalue weighted by molar-refractivity contribution is -0.121. The zero-order chi connectivity index (χ0) is 16.4. The number of benzene rings is 1. The van der Waals surface area contributed by atoms with Gasteiger partial charge in [0.15, 0.2) is 0 Å². The third-order valence-electron chi connectivity index (χ3n) is 4.75. The molecule has 0 aromatic heterocycles. The molecule has 0 radical (unpaired) electrons. The Morgan fingerprint density at radius 1 is 1.13 bits per heavy atom. The highest BCUT2D eigenvalue weighted by molar-refractivity contribution is 6.21. The standard InChI is InChI=1S/C18H20FNO3/c19-13(11-12-5-3-9-16(12)21)6-4-10-20-17(22)14-7-1-2-8-15(14)18(20)23/h1-2,7-8,12-13H,3-6,9-11H2. The Bertz CT molecular complexity index is 608. The van der Waals surface area contributed by atoms with E-state index >= 15 is 0 Å². The number of alkyl halides is 1. The van der Waals surface area contributed by atoms with E-state index in [0.29, 0.717) is 24.0 Å². The summed E-state index contributed by atoms with van der Waals surface area (Å²) in [7, 11) is 0. The highest BCUT2D eigenvalue weighted by atomic mass is 19.1. The van der Waals surface area contributed by atoms with Crippen molar-refractivity contribution in [2.75, 3.05) is 6.54 Å². The van der Waals surface area contributed by atoms with Crippen LogP contribution >= 0.6 is 0 Å². The van der Waals surface area contributed by atoms with Crippen molar-refractivity contribution in [3.8, 4) is 0 Å². The SMILES string of the molecule is O=C1CCCC1CC(F)CCCN1C(=O)c2ccccc2C1=O. The predicted octanol–water partition coefficient (Wildman–Crippen LogP) is 3.16. The summed E-state index contributed by atoms with van der Waals surface area (Å²) in [6.45, 7) is 0.228. The first-order valence-corrected chi connectivity index (χ1v) is 8.20. The van der Waals surface area contributed by atoms with Crippen molar-refractivity contribution in [1.82, 2.24) is 4.90 Å². The number of hydrogen-bond acceptors (Lipinski definition) is 3. The largest absolute Gasteiger partial charge is 0.299 e. The van der Waals surface area contributed by atoms with Gasteiger partial charge in [-0.15, -0.1) is 0 Å². The molecule has 0 saturated heterocycles. The highest BCUT2D eigenvalue weighted by Gasteiger charge is 2.34. The zero-order valence-corrected chi connectivity index (χ0v) is 13.0. The van der Waals surface area contributed by atoms with Gasteiger partial charge in [0.1, 0.15) is 12.0 Å². The number of rotatable bonds is 6. The molecule has 0 N–H and O–H groups in total. The third kappa shape index (κ3) is 3.19. The lowest BCUT2D eigenvalue weighted by Gasteiger charge is -2.16. The summed E-state index contributed by atoms with van der Waals surface area (Å²) >= 11 is 0. The Hall–Kier alpha value is -2.04. The van der Waals surface area contributed by atoms with Gasteiger partial charge in [-0.2, -0.15) is 0 Å². The van der Waals surface area contributed by atoms with Crippen LogP contribution in [0.1, 0.15) is 59.2 Å². The molecule has 23 heavy (non-hydrogen) atoms. The maximum atomic E-state index is 14.0. The molecule has 1 heterocycles. The van der Waals surface area contributed by atoms with Gasteiger partial charge in [0.2, 0.25) is 0 Å². The van der Waals surface area contributed by atoms with Crippen molar-refractivity contribution in [2.24, 2.45) is 5.92 Å². The smallest absolute Gasteiger partial charge is 0.261 e. The van der Waals surface area contributed by atoms with Crippen LogP contribution in [0.15, 0.2) is 24.3 Å². The first kappa shape index (κ1) is 15.8. The van der Waals surface area contributed by atoms with Gasteiger partial charge < -0.3 is 0 Å². The Balaban J connectivity index is 1.49. The topological polar surface area (TPSA) is 54.5 Å². The van der Waals surface area contributed by atoms with Gasteiger partial charge in [-0.05, 0) is 44.2 Å².